The van der Waals surface area contributed by atoms with E-state index in [0.717, 1.165) is 16.6 Å². The zero-order chi connectivity index (χ0) is 28.4. The Bertz CT molecular complexity index is 2150. The lowest BCUT2D eigenvalue weighted by molar-refractivity contribution is 0.590. The molecule has 202 valence electrons. The van der Waals surface area contributed by atoms with Crippen molar-refractivity contribution in [2.75, 3.05) is 4.90 Å². The normalized spacial score (nSPS) is 12.6. The van der Waals surface area contributed by atoms with Crippen molar-refractivity contribution in [2.45, 2.75) is 26.2 Å². The van der Waals surface area contributed by atoms with Gasteiger partial charge in [0.25, 0.3) is 0 Å². The number of anilines is 3. The standard InChI is InChI=1S/C39H30N2S/c1-39(2,3)29-14-16-36-33(23-29)31-11-4-5-12-32(31)34-24-38-28(17-19-42-38)22-37(34)41(36)30-10-6-8-25(21-30)26-13-15-35-27(20-26)9-7-18-40-35/h4-24H,1-3H3. The zero-order valence-electron chi connectivity index (χ0n) is 23.9. The minimum Gasteiger partial charge on any atom is -0.309 e. The molecule has 0 N–H and O–H groups in total. The van der Waals surface area contributed by atoms with Crippen molar-refractivity contribution in [1.29, 1.82) is 0 Å². The van der Waals surface area contributed by atoms with Gasteiger partial charge in [0.2, 0.25) is 0 Å². The summed E-state index contributed by atoms with van der Waals surface area (Å²) < 4.78 is 1.31. The van der Waals surface area contributed by atoms with E-state index >= 15 is 0 Å². The summed E-state index contributed by atoms with van der Waals surface area (Å²) in [5, 5.41) is 4.61. The van der Waals surface area contributed by atoms with Crippen LogP contribution in [0.5, 0.6) is 0 Å². The van der Waals surface area contributed by atoms with Gasteiger partial charge in [0, 0.05) is 33.1 Å². The van der Waals surface area contributed by atoms with Crippen LogP contribution in [0.2, 0.25) is 0 Å². The summed E-state index contributed by atoms with van der Waals surface area (Å²) in [6.07, 6.45) is 1.85. The lowest BCUT2D eigenvalue weighted by Gasteiger charge is -2.29. The third-order valence-electron chi connectivity index (χ3n) is 8.46. The van der Waals surface area contributed by atoms with Crippen molar-refractivity contribution >= 4 is 49.4 Å². The van der Waals surface area contributed by atoms with Gasteiger partial charge in [0.15, 0.2) is 0 Å². The Morgan fingerprint density at radius 2 is 1.40 bits per heavy atom. The number of benzene rings is 5. The van der Waals surface area contributed by atoms with E-state index in [9.17, 15) is 0 Å². The van der Waals surface area contributed by atoms with Crippen molar-refractivity contribution < 1.29 is 0 Å². The number of aromatic nitrogens is 1. The van der Waals surface area contributed by atoms with E-state index in [4.69, 9.17) is 0 Å². The highest BCUT2D eigenvalue weighted by Crippen LogP contribution is 2.53. The average Bonchev–Trinajstić information content (AvgIpc) is 3.44. The van der Waals surface area contributed by atoms with Gasteiger partial charge in [-0.05, 0) is 105 Å². The smallest absolute Gasteiger partial charge is 0.0702 e. The van der Waals surface area contributed by atoms with Crippen LogP contribution in [0.4, 0.5) is 17.1 Å². The number of rotatable bonds is 2. The van der Waals surface area contributed by atoms with Crippen LogP contribution in [0.3, 0.4) is 0 Å². The van der Waals surface area contributed by atoms with E-state index in [2.05, 4.69) is 145 Å². The van der Waals surface area contributed by atoms with Gasteiger partial charge in [-0.25, -0.2) is 0 Å². The molecule has 0 aliphatic carbocycles. The monoisotopic (exact) mass is 558 g/mol. The zero-order valence-corrected chi connectivity index (χ0v) is 24.7. The van der Waals surface area contributed by atoms with Crippen molar-refractivity contribution in [3.05, 3.63) is 132 Å². The molecule has 0 atom stereocenters. The maximum atomic E-state index is 4.52. The van der Waals surface area contributed by atoms with Gasteiger partial charge in [-0.3, -0.25) is 4.98 Å². The fraction of sp³-hybridized carbons (Fsp3) is 0.103. The van der Waals surface area contributed by atoms with Crippen LogP contribution in [-0.4, -0.2) is 4.98 Å². The SMILES string of the molecule is CC(C)(C)c1ccc2c(c1)-c1ccccc1-c1cc3sccc3cc1N2c1cccc(-c2ccc3ncccc3c2)c1. The third-order valence-corrected chi connectivity index (χ3v) is 9.34. The highest BCUT2D eigenvalue weighted by Gasteiger charge is 2.28. The molecule has 1 aliphatic rings. The summed E-state index contributed by atoms with van der Waals surface area (Å²) in [6.45, 7) is 6.88. The molecule has 2 nitrogen and oxygen atoms in total. The Kier molecular flexibility index (Phi) is 5.60. The van der Waals surface area contributed by atoms with Crippen molar-refractivity contribution in [2.24, 2.45) is 0 Å². The van der Waals surface area contributed by atoms with Gasteiger partial charge in [0.1, 0.15) is 0 Å². The first-order valence-corrected chi connectivity index (χ1v) is 15.3. The molecule has 42 heavy (non-hydrogen) atoms. The predicted octanol–water partition coefficient (Wildman–Crippen LogP) is 11.5. The second-order valence-electron chi connectivity index (χ2n) is 12.2. The molecule has 0 radical (unpaired) electrons. The molecule has 8 rings (SSSR count). The second kappa shape index (κ2) is 9.40. The van der Waals surface area contributed by atoms with Crippen molar-refractivity contribution in [1.82, 2.24) is 4.98 Å². The molecule has 5 aromatic carbocycles. The van der Waals surface area contributed by atoms with Crippen LogP contribution in [0, 0.1) is 0 Å². The van der Waals surface area contributed by atoms with Crippen molar-refractivity contribution in [3.63, 3.8) is 0 Å². The number of nitrogens with zero attached hydrogens (tertiary/aromatic N) is 2. The molecule has 3 heteroatoms. The molecule has 7 aromatic rings. The van der Waals surface area contributed by atoms with Crippen LogP contribution in [0.15, 0.2) is 127 Å². The first-order valence-electron chi connectivity index (χ1n) is 14.4. The quantitative estimate of drug-likeness (QED) is 0.210. The number of fused-ring (bicyclic) bond motifs is 7. The molecule has 0 saturated carbocycles. The van der Waals surface area contributed by atoms with E-state index in [1.54, 1.807) is 11.3 Å². The average molecular weight is 559 g/mol. The topological polar surface area (TPSA) is 16.1 Å². The van der Waals surface area contributed by atoms with Crippen LogP contribution < -0.4 is 4.90 Å². The molecule has 0 spiro atoms. The Morgan fingerprint density at radius 1 is 0.595 bits per heavy atom. The summed E-state index contributed by atoms with van der Waals surface area (Å²) in [7, 11) is 0. The van der Waals surface area contributed by atoms with E-state index < -0.39 is 0 Å². The molecule has 0 fully saturated rings. The summed E-state index contributed by atoms with van der Waals surface area (Å²) in [6, 6.07) is 42.6. The van der Waals surface area contributed by atoms with Gasteiger partial charge in [0.05, 0.1) is 16.9 Å². The predicted molar refractivity (Wildman–Crippen MR) is 180 cm³/mol. The maximum Gasteiger partial charge on any atom is 0.0702 e. The Balaban J connectivity index is 1.41. The number of hydrogen-bond donors (Lipinski definition) is 0. The first kappa shape index (κ1) is 25.0. The van der Waals surface area contributed by atoms with Gasteiger partial charge >= 0.3 is 0 Å². The largest absolute Gasteiger partial charge is 0.309 e. The minimum absolute atomic E-state index is 0.0431. The molecule has 0 amide bonds. The van der Waals surface area contributed by atoms with Crippen LogP contribution >= 0.6 is 11.3 Å². The van der Waals surface area contributed by atoms with Crippen LogP contribution in [-0.2, 0) is 5.41 Å². The van der Waals surface area contributed by atoms with Crippen LogP contribution in [0.1, 0.15) is 26.3 Å². The molecular formula is C39H30N2S. The highest BCUT2D eigenvalue weighted by molar-refractivity contribution is 7.17. The van der Waals surface area contributed by atoms with Gasteiger partial charge in [-0.1, -0.05) is 75.4 Å². The second-order valence-corrected chi connectivity index (χ2v) is 13.1. The first-order chi connectivity index (χ1) is 20.4. The molecular weight excluding hydrogens is 529 g/mol. The van der Waals surface area contributed by atoms with E-state index in [1.165, 1.54) is 60.4 Å². The number of hydrogen-bond acceptors (Lipinski definition) is 3. The Hall–Kier alpha value is -4.73. The lowest BCUT2D eigenvalue weighted by atomic mass is 9.84. The Morgan fingerprint density at radius 3 is 2.24 bits per heavy atom. The molecule has 0 saturated heterocycles. The van der Waals surface area contributed by atoms with Gasteiger partial charge < -0.3 is 4.90 Å². The maximum absolute atomic E-state index is 4.52. The summed E-state index contributed by atoms with van der Waals surface area (Å²) in [5.74, 6) is 0. The molecule has 3 heterocycles. The van der Waals surface area contributed by atoms with Crippen LogP contribution in [0.25, 0.3) is 54.4 Å². The molecule has 1 aliphatic heterocycles. The van der Waals surface area contributed by atoms with Crippen molar-refractivity contribution in [3.8, 4) is 33.4 Å². The fourth-order valence-electron chi connectivity index (χ4n) is 6.25. The minimum atomic E-state index is 0.0431. The molecule has 0 unspecified atom stereocenters. The summed E-state index contributed by atoms with van der Waals surface area (Å²) in [4.78, 5) is 7.00. The number of pyridine rings is 1. The fourth-order valence-corrected chi connectivity index (χ4v) is 7.06. The van der Waals surface area contributed by atoms with E-state index in [0.29, 0.717) is 0 Å². The van der Waals surface area contributed by atoms with Gasteiger partial charge in [-0.15, -0.1) is 11.3 Å². The van der Waals surface area contributed by atoms with Gasteiger partial charge in [-0.2, -0.15) is 0 Å². The molecule has 0 bridgehead atoms. The Labute approximate surface area is 250 Å². The van der Waals surface area contributed by atoms with E-state index in [1.807, 2.05) is 12.3 Å². The third kappa shape index (κ3) is 4.04. The summed E-state index contributed by atoms with van der Waals surface area (Å²) >= 11 is 1.81. The number of thiophene rings is 1. The summed E-state index contributed by atoms with van der Waals surface area (Å²) in [5.41, 5.74) is 13.4. The van der Waals surface area contributed by atoms with E-state index in [-0.39, 0.29) is 5.41 Å². The highest BCUT2D eigenvalue weighted by atomic mass is 32.1. The lowest BCUT2D eigenvalue weighted by Crippen LogP contribution is -2.14. The molecule has 2 aromatic heterocycles.